The Labute approximate surface area is 120 Å². The number of hydrogen-bond donors (Lipinski definition) is 0. The average Bonchev–Trinajstić information content (AvgIpc) is 2.76. The fourth-order valence-corrected chi connectivity index (χ4v) is 2.43. The molecule has 2 aromatic heterocycles. The van der Waals surface area contributed by atoms with Crippen molar-refractivity contribution in [2.45, 2.75) is 6.42 Å². The van der Waals surface area contributed by atoms with Crippen molar-refractivity contribution in [1.29, 1.82) is 0 Å². The first kappa shape index (κ1) is 12.2. The highest BCUT2D eigenvalue weighted by molar-refractivity contribution is 5.66. The zero-order chi connectivity index (χ0) is 14.2. The molecule has 1 aliphatic heterocycles. The number of pyridine rings is 1. The van der Waals surface area contributed by atoms with Crippen LogP contribution in [-0.2, 0) is 0 Å². The van der Waals surface area contributed by atoms with E-state index in [0.717, 1.165) is 29.2 Å². The van der Waals surface area contributed by atoms with E-state index in [-0.39, 0.29) is 5.82 Å². The second-order valence-electron chi connectivity index (χ2n) is 4.95. The summed E-state index contributed by atoms with van der Waals surface area (Å²) in [4.78, 5) is 4.50. The van der Waals surface area contributed by atoms with Crippen LogP contribution in [0.3, 0.4) is 0 Å². The molecule has 0 N–H and O–H groups in total. The molecule has 1 aliphatic rings. The molecule has 21 heavy (non-hydrogen) atoms. The Kier molecular flexibility index (Phi) is 2.77. The topological polar surface area (TPSA) is 35.8 Å². The van der Waals surface area contributed by atoms with Gasteiger partial charge < -0.3 is 13.9 Å². The van der Waals surface area contributed by atoms with Crippen molar-refractivity contribution in [2.75, 3.05) is 13.2 Å². The average molecular weight is 284 g/mol. The molecule has 0 spiro atoms. The zero-order valence-corrected chi connectivity index (χ0v) is 11.3. The minimum absolute atomic E-state index is 0.287. The quantitative estimate of drug-likeness (QED) is 0.688. The number of hydrogen-bond acceptors (Lipinski definition) is 3. The number of aromatic nitrogens is 2. The second-order valence-corrected chi connectivity index (χ2v) is 4.95. The number of fused-ring (bicyclic) bond motifs is 2. The van der Waals surface area contributed by atoms with Crippen LogP contribution in [0.2, 0.25) is 0 Å². The predicted molar refractivity (Wildman–Crippen MR) is 76.2 cm³/mol. The highest BCUT2D eigenvalue weighted by Crippen LogP contribution is 2.33. The van der Waals surface area contributed by atoms with E-state index in [1.54, 1.807) is 16.7 Å². The monoisotopic (exact) mass is 284 g/mol. The molecule has 0 saturated heterocycles. The lowest BCUT2D eigenvalue weighted by atomic mass is 10.1. The molecule has 0 radical (unpaired) electrons. The summed E-state index contributed by atoms with van der Waals surface area (Å²) in [6.45, 7) is 1.31. The molecular formula is C16H13FN2O2. The zero-order valence-electron chi connectivity index (χ0n) is 11.3. The summed E-state index contributed by atoms with van der Waals surface area (Å²) in [5, 5.41) is 0. The molecule has 1 aromatic carbocycles. The van der Waals surface area contributed by atoms with Crippen molar-refractivity contribution >= 4 is 5.65 Å². The van der Waals surface area contributed by atoms with Gasteiger partial charge in [0.1, 0.15) is 11.5 Å². The van der Waals surface area contributed by atoms with Crippen LogP contribution in [0.25, 0.3) is 16.9 Å². The Bertz CT molecular complexity index is 813. The number of benzene rings is 1. The maximum Gasteiger partial charge on any atom is 0.161 e. The molecule has 0 unspecified atom stereocenters. The van der Waals surface area contributed by atoms with Crippen LogP contribution >= 0.6 is 0 Å². The highest BCUT2D eigenvalue weighted by atomic mass is 19.1. The number of halogens is 1. The molecule has 0 aliphatic carbocycles. The molecule has 3 aromatic rings. The minimum Gasteiger partial charge on any atom is -0.490 e. The highest BCUT2D eigenvalue weighted by Gasteiger charge is 2.13. The van der Waals surface area contributed by atoms with Gasteiger partial charge in [-0.1, -0.05) is 0 Å². The van der Waals surface area contributed by atoms with Gasteiger partial charge in [0, 0.05) is 24.4 Å². The third-order valence-electron chi connectivity index (χ3n) is 3.46. The number of nitrogens with zero attached hydrogens (tertiary/aromatic N) is 2. The maximum absolute atomic E-state index is 13.2. The van der Waals surface area contributed by atoms with Crippen LogP contribution in [0.4, 0.5) is 4.39 Å². The van der Waals surface area contributed by atoms with Gasteiger partial charge in [-0.05, 0) is 30.3 Å². The first-order valence-electron chi connectivity index (χ1n) is 6.84. The van der Waals surface area contributed by atoms with Gasteiger partial charge in [0.2, 0.25) is 0 Å². The van der Waals surface area contributed by atoms with Crippen LogP contribution in [-0.4, -0.2) is 22.6 Å². The fourth-order valence-electron chi connectivity index (χ4n) is 2.43. The first-order chi connectivity index (χ1) is 10.3. The molecule has 0 fully saturated rings. The predicted octanol–water partition coefficient (Wildman–Crippen LogP) is 3.30. The Balaban J connectivity index is 1.79. The molecule has 4 rings (SSSR count). The van der Waals surface area contributed by atoms with E-state index in [9.17, 15) is 4.39 Å². The Hall–Kier alpha value is -2.56. The third-order valence-corrected chi connectivity index (χ3v) is 3.46. The van der Waals surface area contributed by atoms with Crippen LogP contribution in [0.5, 0.6) is 11.5 Å². The Morgan fingerprint density at radius 1 is 1.00 bits per heavy atom. The SMILES string of the molecule is Fc1ccc2nc(-c3ccc4c(c3)OCCCO4)cn2c1. The van der Waals surface area contributed by atoms with E-state index in [0.29, 0.717) is 18.9 Å². The Morgan fingerprint density at radius 3 is 2.76 bits per heavy atom. The summed E-state index contributed by atoms with van der Waals surface area (Å²) in [7, 11) is 0. The number of ether oxygens (including phenoxy) is 2. The summed E-state index contributed by atoms with van der Waals surface area (Å²) in [5.41, 5.74) is 2.40. The summed E-state index contributed by atoms with van der Waals surface area (Å²) in [6.07, 6.45) is 4.09. The summed E-state index contributed by atoms with van der Waals surface area (Å²) < 4.78 is 26.2. The maximum atomic E-state index is 13.2. The molecule has 0 amide bonds. The summed E-state index contributed by atoms with van der Waals surface area (Å²) >= 11 is 0. The molecule has 3 heterocycles. The smallest absolute Gasteiger partial charge is 0.161 e. The van der Waals surface area contributed by atoms with E-state index in [2.05, 4.69) is 4.98 Å². The standard InChI is InChI=1S/C16H13FN2O2/c17-12-3-5-16-18-13(10-19(16)9-12)11-2-4-14-15(8-11)21-7-1-6-20-14/h2-5,8-10H,1,6-7H2. The molecule has 0 saturated carbocycles. The van der Waals surface area contributed by atoms with Crippen molar-refractivity contribution in [3.8, 4) is 22.8 Å². The van der Waals surface area contributed by atoms with Gasteiger partial charge in [0.15, 0.2) is 11.5 Å². The van der Waals surface area contributed by atoms with E-state index >= 15 is 0 Å². The van der Waals surface area contributed by atoms with Crippen molar-refractivity contribution in [1.82, 2.24) is 9.38 Å². The van der Waals surface area contributed by atoms with Gasteiger partial charge in [-0.3, -0.25) is 0 Å². The van der Waals surface area contributed by atoms with Crippen LogP contribution in [0.1, 0.15) is 6.42 Å². The van der Waals surface area contributed by atoms with Gasteiger partial charge in [-0.25, -0.2) is 9.37 Å². The van der Waals surface area contributed by atoms with E-state index in [4.69, 9.17) is 9.47 Å². The van der Waals surface area contributed by atoms with Gasteiger partial charge in [0.25, 0.3) is 0 Å². The lowest BCUT2D eigenvalue weighted by Gasteiger charge is -2.07. The van der Waals surface area contributed by atoms with Gasteiger partial charge in [-0.15, -0.1) is 0 Å². The first-order valence-corrected chi connectivity index (χ1v) is 6.84. The van der Waals surface area contributed by atoms with Gasteiger partial charge in [0.05, 0.1) is 18.9 Å². The number of rotatable bonds is 1. The van der Waals surface area contributed by atoms with Gasteiger partial charge >= 0.3 is 0 Å². The number of imidazole rings is 1. The van der Waals surface area contributed by atoms with Crippen LogP contribution < -0.4 is 9.47 Å². The van der Waals surface area contributed by atoms with Crippen molar-refractivity contribution in [3.05, 3.63) is 48.5 Å². The lowest BCUT2D eigenvalue weighted by Crippen LogP contribution is -1.97. The van der Waals surface area contributed by atoms with Crippen LogP contribution in [0.15, 0.2) is 42.7 Å². The normalized spacial score (nSPS) is 14.1. The summed E-state index contributed by atoms with van der Waals surface area (Å²) in [6, 6.07) is 8.80. The summed E-state index contributed by atoms with van der Waals surface area (Å²) in [5.74, 6) is 1.20. The molecular weight excluding hydrogens is 271 g/mol. The van der Waals surface area contributed by atoms with E-state index < -0.39 is 0 Å². The molecule has 106 valence electrons. The second kappa shape index (κ2) is 4.77. The van der Waals surface area contributed by atoms with Crippen molar-refractivity contribution in [2.24, 2.45) is 0 Å². The van der Waals surface area contributed by atoms with Crippen molar-refractivity contribution < 1.29 is 13.9 Å². The van der Waals surface area contributed by atoms with Crippen molar-refractivity contribution in [3.63, 3.8) is 0 Å². The third kappa shape index (κ3) is 2.20. The largest absolute Gasteiger partial charge is 0.490 e. The molecule has 0 atom stereocenters. The van der Waals surface area contributed by atoms with Gasteiger partial charge in [-0.2, -0.15) is 0 Å². The van der Waals surface area contributed by atoms with Crippen LogP contribution in [0, 0.1) is 5.82 Å². The lowest BCUT2D eigenvalue weighted by molar-refractivity contribution is 0.297. The molecule has 0 bridgehead atoms. The Morgan fingerprint density at radius 2 is 1.86 bits per heavy atom. The van der Waals surface area contributed by atoms with E-state index in [1.807, 2.05) is 18.2 Å². The molecule has 5 heteroatoms. The fraction of sp³-hybridized carbons (Fsp3) is 0.188. The minimum atomic E-state index is -0.287. The molecule has 4 nitrogen and oxygen atoms in total. The van der Waals surface area contributed by atoms with E-state index in [1.165, 1.54) is 12.3 Å².